The van der Waals surface area contributed by atoms with E-state index >= 15 is 0 Å². The highest BCUT2D eigenvalue weighted by Crippen LogP contribution is 2.32. The lowest BCUT2D eigenvalue weighted by atomic mass is 10.1. The van der Waals surface area contributed by atoms with Crippen molar-refractivity contribution < 1.29 is 18.7 Å². The molecule has 2 aromatic heterocycles. The van der Waals surface area contributed by atoms with Crippen molar-refractivity contribution in [3.63, 3.8) is 0 Å². The van der Waals surface area contributed by atoms with Gasteiger partial charge in [0.05, 0.1) is 10.9 Å². The van der Waals surface area contributed by atoms with Gasteiger partial charge >= 0.3 is 5.97 Å². The number of piperazine rings is 1. The first-order chi connectivity index (χ1) is 12.7. The number of aromatic carboxylic acids is 1. The number of pyridine rings is 2. The number of fused-ring (bicyclic) bond motifs is 3. The van der Waals surface area contributed by atoms with Crippen molar-refractivity contribution in [3.05, 3.63) is 33.9 Å². The van der Waals surface area contributed by atoms with Gasteiger partial charge in [0.25, 0.3) is 0 Å². The Balaban J connectivity index is 0.00000225. The summed E-state index contributed by atoms with van der Waals surface area (Å²) in [6, 6.07) is 1.41. The lowest BCUT2D eigenvalue weighted by Gasteiger charge is -2.30. The van der Waals surface area contributed by atoms with Gasteiger partial charge in [0.2, 0.25) is 5.43 Å². The molecule has 0 spiro atoms. The van der Waals surface area contributed by atoms with E-state index in [1.54, 1.807) is 13.8 Å². The number of rotatable bonds is 4. The molecule has 2 atom stereocenters. The molecule has 152 valence electrons. The molecular formula is C18H21ClF2N4O3. The fourth-order valence-corrected chi connectivity index (χ4v) is 3.91. The van der Waals surface area contributed by atoms with Gasteiger partial charge in [-0.2, -0.15) is 0 Å². The van der Waals surface area contributed by atoms with Gasteiger partial charge in [-0.1, -0.05) is 0 Å². The summed E-state index contributed by atoms with van der Waals surface area (Å²) in [4.78, 5) is 30.2. The van der Waals surface area contributed by atoms with Crippen LogP contribution in [0.5, 0.6) is 0 Å². The maximum absolute atomic E-state index is 14.8. The van der Waals surface area contributed by atoms with Crippen LogP contribution in [0, 0.1) is 5.82 Å². The number of hydrogen-bond donors (Lipinski definition) is 2. The third-order valence-corrected chi connectivity index (χ3v) is 5.45. The lowest BCUT2D eigenvalue weighted by molar-refractivity contribution is 0.0694. The Morgan fingerprint density at radius 2 is 2.18 bits per heavy atom. The Hall–Kier alpha value is -2.26. The number of anilines is 1. The van der Waals surface area contributed by atoms with Gasteiger partial charge < -0.3 is 19.9 Å². The Labute approximate surface area is 165 Å². The topological polar surface area (TPSA) is 87.5 Å². The number of nitrogens with zero attached hydrogens (tertiary/aromatic N) is 3. The van der Waals surface area contributed by atoms with Crippen LogP contribution in [0.15, 0.2) is 17.1 Å². The molecule has 0 amide bonds. The SMILES string of the molecule is CC(C)(CF)n1cc(C(=O)O)c(=O)c2cc(F)c(N3CC4C[C@@H]3CN4)nc21.Cl. The molecule has 10 heteroatoms. The third-order valence-electron chi connectivity index (χ3n) is 5.45. The summed E-state index contributed by atoms with van der Waals surface area (Å²) >= 11 is 0. The highest BCUT2D eigenvalue weighted by Gasteiger charge is 2.39. The standard InChI is InChI=1S/C18H20F2N4O3.ClH/c1-18(2,8-19)24-7-12(17(26)27)14(25)11-4-13(20)16(22-15(11)24)23-6-9-3-10(23)5-21-9;/h4,7,9-10,21H,3,5-6,8H2,1-2H3,(H,26,27);1H/t9?,10-;/m1./s1. The quantitative estimate of drug-likeness (QED) is 0.794. The van der Waals surface area contributed by atoms with Crippen LogP contribution in [0.1, 0.15) is 30.6 Å². The van der Waals surface area contributed by atoms with Gasteiger partial charge in [0.15, 0.2) is 11.6 Å². The average molecular weight is 415 g/mol. The largest absolute Gasteiger partial charge is 0.477 e. The number of carbonyl (C=O) groups is 1. The number of aromatic nitrogens is 2. The molecule has 4 heterocycles. The van der Waals surface area contributed by atoms with Crippen molar-refractivity contribution in [2.75, 3.05) is 24.7 Å². The number of halogens is 3. The predicted molar refractivity (Wildman–Crippen MR) is 103 cm³/mol. The summed E-state index contributed by atoms with van der Waals surface area (Å²) in [6.45, 7) is 3.65. The molecule has 0 radical (unpaired) electrons. The van der Waals surface area contributed by atoms with Gasteiger partial charge in [0, 0.05) is 31.4 Å². The molecule has 0 aliphatic carbocycles. The van der Waals surface area contributed by atoms with E-state index in [0.717, 1.165) is 25.2 Å². The Morgan fingerprint density at radius 3 is 2.71 bits per heavy atom. The molecule has 2 N–H and O–H groups in total. The molecular weight excluding hydrogens is 394 g/mol. The highest BCUT2D eigenvalue weighted by molar-refractivity contribution is 5.92. The normalized spacial score (nSPS) is 21.2. The number of carboxylic acid groups (broad SMARTS) is 1. The van der Waals surface area contributed by atoms with Crippen molar-refractivity contribution in [2.45, 2.75) is 37.9 Å². The molecule has 0 saturated carbocycles. The van der Waals surface area contributed by atoms with Gasteiger partial charge in [-0.05, 0) is 26.3 Å². The van der Waals surface area contributed by atoms with E-state index in [1.165, 1.54) is 4.57 Å². The predicted octanol–water partition coefficient (Wildman–Crippen LogP) is 1.91. The molecule has 2 aromatic rings. The summed E-state index contributed by atoms with van der Waals surface area (Å²) in [5, 5.41) is 12.5. The van der Waals surface area contributed by atoms with E-state index in [0.29, 0.717) is 6.54 Å². The summed E-state index contributed by atoms with van der Waals surface area (Å²) in [5.74, 6) is -2.01. The van der Waals surface area contributed by atoms with Crippen LogP contribution in [0.3, 0.4) is 0 Å². The lowest BCUT2D eigenvalue weighted by Crippen LogP contribution is -2.44. The van der Waals surface area contributed by atoms with Crippen LogP contribution in [-0.4, -0.2) is 52.5 Å². The second-order valence-electron chi connectivity index (χ2n) is 7.81. The van der Waals surface area contributed by atoms with Crippen LogP contribution in [0.25, 0.3) is 11.0 Å². The fraction of sp³-hybridized carbons (Fsp3) is 0.500. The van der Waals surface area contributed by atoms with E-state index in [-0.39, 0.29) is 41.3 Å². The molecule has 4 rings (SSSR count). The molecule has 1 unspecified atom stereocenters. The molecule has 2 aliphatic heterocycles. The maximum atomic E-state index is 14.8. The zero-order valence-electron chi connectivity index (χ0n) is 15.4. The molecule has 7 nitrogen and oxygen atoms in total. The van der Waals surface area contributed by atoms with Crippen molar-refractivity contribution >= 4 is 35.2 Å². The third kappa shape index (κ3) is 3.02. The Morgan fingerprint density at radius 1 is 1.46 bits per heavy atom. The molecule has 2 saturated heterocycles. The van der Waals surface area contributed by atoms with E-state index in [9.17, 15) is 23.5 Å². The van der Waals surface area contributed by atoms with E-state index in [2.05, 4.69) is 10.3 Å². The van der Waals surface area contributed by atoms with Crippen molar-refractivity contribution in [2.24, 2.45) is 0 Å². The minimum absolute atomic E-state index is 0. The van der Waals surface area contributed by atoms with E-state index in [4.69, 9.17) is 0 Å². The molecule has 0 aromatic carbocycles. The van der Waals surface area contributed by atoms with Crippen LogP contribution >= 0.6 is 12.4 Å². The summed E-state index contributed by atoms with van der Waals surface area (Å²) in [6.07, 6.45) is 1.98. The molecule has 28 heavy (non-hydrogen) atoms. The highest BCUT2D eigenvalue weighted by atomic mass is 35.5. The minimum Gasteiger partial charge on any atom is -0.477 e. The number of nitrogens with one attached hydrogen (secondary N) is 1. The van der Waals surface area contributed by atoms with E-state index in [1.807, 2.05) is 4.90 Å². The second kappa shape index (κ2) is 6.97. The number of carboxylic acids is 1. The van der Waals surface area contributed by atoms with E-state index < -0.39 is 35.0 Å². The summed E-state index contributed by atoms with van der Waals surface area (Å²) < 4.78 is 29.8. The summed E-state index contributed by atoms with van der Waals surface area (Å²) in [7, 11) is 0. The van der Waals surface area contributed by atoms with Crippen molar-refractivity contribution in [3.8, 4) is 0 Å². The first-order valence-electron chi connectivity index (χ1n) is 8.78. The van der Waals surface area contributed by atoms with Gasteiger partial charge in [0.1, 0.15) is 17.9 Å². The maximum Gasteiger partial charge on any atom is 0.341 e. The van der Waals surface area contributed by atoms with Crippen LogP contribution in [-0.2, 0) is 5.54 Å². The monoisotopic (exact) mass is 414 g/mol. The van der Waals surface area contributed by atoms with Gasteiger partial charge in [-0.15, -0.1) is 12.4 Å². The Bertz CT molecular complexity index is 1010. The number of hydrogen-bond acceptors (Lipinski definition) is 5. The zero-order valence-corrected chi connectivity index (χ0v) is 16.2. The van der Waals surface area contributed by atoms with Crippen LogP contribution in [0.2, 0.25) is 0 Å². The van der Waals surface area contributed by atoms with Crippen LogP contribution < -0.4 is 15.6 Å². The average Bonchev–Trinajstić information content (AvgIpc) is 3.24. The smallest absolute Gasteiger partial charge is 0.341 e. The van der Waals surface area contributed by atoms with Crippen molar-refractivity contribution in [1.29, 1.82) is 0 Å². The van der Waals surface area contributed by atoms with Gasteiger partial charge in [-0.3, -0.25) is 4.79 Å². The molecule has 2 aliphatic rings. The second-order valence-corrected chi connectivity index (χ2v) is 7.81. The Kier molecular flexibility index (Phi) is 5.09. The van der Waals surface area contributed by atoms with Crippen LogP contribution in [0.4, 0.5) is 14.6 Å². The minimum atomic E-state index is -1.45. The fourth-order valence-electron chi connectivity index (χ4n) is 3.91. The first-order valence-corrected chi connectivity index (χ1v) is 8.78. The molecule has 2 fully saturated rings. The summed E-state index contributed by atoms with van der Waals surface area (Å²) in [5.41, 5.74) is -2.43. The zero-order chi connectivity index (χ0) is 19.5. The van der Waals surface area contributed by atoms with Crippen molar-refractivity contribution in [1.82, 2.24) is 14.9 Å². The molecule has 2 bridgehead atoms. The number of alkyl halides is 1. The van der Waals surface area contributed by atoms with Gasteiger partial charge in [-0.25, -0.2) is 18.6 Å². The first kappa shape index (κ1) is 20.5.